The lowest BCUT2D eigenvalue weighted by molar-refractivity contribution is -0.00835. The lowest BCUT2D eigenvalue weighted by Gasteiger charge is -2.35. The number of carbonyl (C=O) groups excluding carboxylic acids is 1. The molecule has 49 heavy (non-hydrogen) atoms. The number of anilines is 1. The van der Waals surface area contributed by atoms with Gasteiger partial charge >= 0.3 is 0 Å². The van der Waals surface area contributed by atoms with E-state index in [2.05, 4.69) is 9.71 Å². The maximum atomic E-state index is 14.4. The second kappa shape index (κ2) is 16.3. The van der Waals surface area contributed by atoms with Crippen LogP contribution in [0.25, 0.3) is 0 Å². The summed E-state index contributed by atoms with van der Waals surface area (Å²) in [6.45, 7) is 5.56. The Labute approximate surface area is 289 Å². The fourth-order valence-electron chi connectivity index (χ4n) is 5.45. The summed E-state index contributed by atoms with van der Waals surface area (Å²) in [6, 6.07) is 9.79. The molecule has 0 fully saturated rings. The molecule has 3 aromatic rings. The Kier molecular flexibility index (Phi) is 12.7. The van der Waals surface area contributed by atoms with E-state index in [9.17, 15) is 26.7 Å². The number of fused-ring (bicyclic) bond motifs is 1. The van der Waals surface area contributed by atoms with E-state index in [1.807, 2.05) is 13.8 Å². The number of benzene rings is 2. The van der Waals surface area contributed by atoms with E-state index in [-0.39, 0.29) is 58.6 Å². The average Bonchev–Trinajstić information content (AvgIpc) is 3.52. The number of aromatic nitrogens is 2. The van der Waals surface area contributed by atoms with Gasteiger partial charge in [-0.25, -0.2) is 21.8 Å². The summed E-state index contributed by atoms with van der Waals surface area (Å²) in [7, 11) is -3.30. The SMILES string of the molecule is COc1ccc(S(=O)(=O)Nc2ccc3c(c2)C(=O)N([C@H](C)CO)C[C@@H](C)[C@H](CN(C)S(=O)(=O)c2cn(C)cn2)OCCCC[C@@H](C)O3)cc1. The van der Waals surface area contributed by atoms with Gasteiger partial charge in [0.1, 0.15) is 11.5 Å². The molecule has 1 amide bonds. The number of aliphatic hydroxyl groups excluding tert-OH is 1. The number of hydrogen-bond donors (Lipinski definition) is 2. The van der Waals surface area contributed by atoms with E-state index < -0.39 is 38.1 Å². The number of rotatable bonds is 10. The molecule has 0 saturated heterocycles. The van der Waals surface area contributed by atoms with Crippen molar-refractivity contribution in [1.82, 2.24) is 18.8 Å². The minimum absolute atomic E-state index is 0.00298. The van der Waals surface area contributed by atoms with Crippen LogP contribution in [-0.2, 0) is 31.8 Å². The van der Waals surface area contributed by atoms with Gasteiger partial charge in [-0.2, -0.15) is 4.31 Å². The van der Waals surface area contributed by atoms with E-state index in [1.54, 1.807) is 24.6 Å². The van der Waals surface area contributed by atoms with Gasteiger partial charge in [0, 0.05) is 51.6 Å². The van der Waals surface area contributed by atoms with Crippen LogP contribution in [0.1, 0.15) is 50.4 Å². The summed E-state index contributed by atoms with van der Waals surface area (Å²) in [5.74, 6) is -0.101. The van der Waals surface area contributed by atoms with Gasteiger partial charge < -0.3 is 28.8 Å². The third kappa shape index (κ3) is 9.51. The molecular formula is C33H47N5O9S2. The van der Waals surface area contributed by atoms with Crippen LogP contribution in [-0.4, -0.2) is 105 Å². The monoisotopic (exact) mass is 721 g/mol. The van der Waals surface area contributed by atoms with Crippen LogP contribution in [0.3, 0.4) is 0 Å². The predicted octanol–water partition coefficient (Wildman–Crippen LogP) is 3.35. The van der Waals surface area contributed by atoms with Gasteiger partial charge in [-0.05, 0) is 75.6 Å². The second-order valence-electron chi connectivity index (χ2n) is 12.5. The number of imidazole rings is 1. The quantitative estimate of drug-likeness (QED) is 0.317. The standard InChI is InChI=1S/C33H47N5O9S2/c1-23-18-38(24(2)21-39)33(40)29-17-26(35-48(41,42)28-13-11-27(45-6)12-14-28)10-15-30(29)47-25(3)9-7-8-16-46-31(23)19-37(5)49(43,44)32-20-36(4)22-34-32/h10-15,17,20,22-25,31,35,39H,7-9,16,18-19,21H2,1-6H3/t23-,24-,25-,31+/m1/s1. The average molecular weight is 722 g/mol. The minimum atomic E-state index is -4.02. The van der Waals surface area contributed by atoms with Crippen LogP contribution in [0.2, 0.25) is 0 Å². The summed E-state index contributed by atoms with van der Waals surface area (Å²) < 4.78 is 76.1. The molecule has 0 spiro atoms. The van der Waals surface area contributed by atoms with Crippen LogP contribution >= 0.6 is 0 Å². The van der Waals surface area contributed by atoms with Gasteiger partial charge in [0.05, 0.1) is 48.8 Å². The molecule has 1 aliphatic heterocycles. The maximum Gasteiger partial charge on any atom is 0.261 e. The molecule has 0 bridgehead atoms. The van der Waals surface area contributed by atoms with Crippen molar-refractivity contribution in [3.05, 3.63) is 60.6 Å². The zero-order valence-corrected chi connectivity index (χ0v) is 30.4. The smallest absolute Gasteiger partial charge is 0.261 e. The fourth-order valence-corrected chi connectivity index (χ4v) is 7.64. The third-order valence-corrected chi connectivity index (χ3v) is 11.6. The molecule has 4 atom stereocenters. The molecule has 4 rings (SSSR count). The first-order valence-corrected chi connectivity index (χ1v) is 19.0. The van der Waals surface area contributed by atoms with Gasteiger partial charge in [-0.15, -0.1) is 0 Å². The minimum Gasteiger partial charge on any atom is -0.497 e. The molecule has 2 heterocycles. The van der Waals surface area contributed by atoms with Gasteiger partial charge in [-0.1, -0.05) is 6.92 Å². The fraction of sp³-hybridized carbons (Fsp3) is 0.515. The highest BCUT2D eigenvalue weighted by atomic mass is 32.2. The molecule has 1 aliphatic rings. The highest BCUT2D eigenvalue weighted by Crippen LogP contribution is 2.30. The van der Waals surface area contributed by atoms with E-state index >= 15 is 0 Å². The Bertz CT molecular complexity index is 1780. The first kappa shape index (κ1) is 38.1. The number of aryl methyl sites for hydroxylation is 1. The van der Waals surface area contributed by atoms with Crippen molar-refractivity contribution < 1.29 is 40.9 Å². The van der Waals surface area contributed by atoms with Crippen LogP contribution < -0.4 is 14.2 Å². The third-order valence-electron chi connectivity index (χ3n) is 8.47. The zero-order valence-electron chi connectivity index (χ0n) is 28.8. The van der Waals surface area contributed by atoms with Crippen molar-refractivity contribution in [1.29, 1.82) is 0 Å². The van der Waals surface area contributed by atoms with Crippen molar-refractivity contribution in [2.24, 2.45) is 13.0 Å². The number of methoxy groups -OCH3 is 1. The topological polar surface area (TPSA) is 170 Å². The molecule has 2 aromatic carbocycles. The Hall–Kier alpha value is -3.70. The number of sulfonamides is 2. The number of nitrogens with one attached hydrogen (secondary N) is 1. The van der Waals surface area contributed by atoms with E-state index in [4.69, 9.17) is 14.2 Å². The zero-order chi connectivity index (χ0) is 35.9. The number of aliphatic hydroxyl groups is 1. The molecule has 0 unspecified atom stereocenters. The molecule has 0 aliphatic carbocycles. The van der Waals surface area contributed by atoms with Crippen LogP contribution in [0.4, 0.5) is 5.69 Å². The maximum absolute atomic E-state index is 14.4. The van der Waals surface area contributed by atoms with Crippen LogP contribution in [0.15, 0.2) is 64.9 Å². The van der Waals surface area contributed by atoms with Crippen molar-refractivity contribution >= 4 is 31.6 Å². The molecule has 270 valence electrons. The second-order valence-corrected chi connectivity index (χ2v) is 16.1. The number of nitrogens with zero attached hydrogens (tertiary/aromatic N) is 4. The van der Waals surface area contributed by atoms with E-state index in [0.29, 0.717) is 25.2 Å². The Balaban J connectivity index is 1.67. The Morgan fingerprint density at radius 1 is 1.12 bits per heavy atom. The Morgan fingerprint density at radius 2 is 1.84 bits per heavy atom. The van der Waals surface area contributed by atoms with Crippen molar-refractivity contribution in [3.63, 3.8) is 0 Å². The normalized spacial score (nSPS) is 20.6. The highest BCUT2D eigenvalue weighted by molar-refractivity contribution is 7.92. The molecule has 14 nitrogen and oxygen atoms in total. The molecule has 0 radical (unpaired) electrons. The van der Waals surface area contributed by atoms with Gasteiger partial charge in [0.25, 0.3) is 26.0 Å². The van der Waals surface area contributed by atoms with E-state index in [1.165, 1.54) is 72.3 Å². The highest BCUT2D eigenvalue weighted by Gasteiger charge is 2.33. The van der Waals surface area contributed by atoms with Crippen molar-refractivity contribution in [2.45, 2.75) is 68.2 Å². The van der Waals surface area contributed by atoms with Crippen molar-refractivity contribution in [2.75, 3.05) is 45.2 Å². The van der Waals surface area contributed by atoms with Gasteiger partial charge in [0.2, 0.25) is 0 Å². The molecule has 2 N–H and O–H groups in total. The number of carbonyl (C=O) groups is 1. The summed E-state index contributed by atoms with van der Waals surface area (Å²) in [5.41, 5.74) is 0.256. The molecule has 1 aromatic heterocycles. The van der Waals surface area contributed by atoms with Gasteiger partial charge in [-0.3, -0.25) is 9.52 Å². The lowest BCUT2D eigenvalue weighted by Crippen LogP contribution is -2.48. The first-order valence-electron chi connectivity index (χ1n) is 16.1. The number of amides is 1. The molecule has 16 heteroatoms. The summed E-state index contributed by atoms with van der Waals surface area (Å²) in [6.07, 6.45) is 4.04. The predicted molar refractivity (Wildman–Crippen MR) is 184 cm³/mol. The van der Waals surface area contributed by atoms with Crippen molar-refractivity contribution in [3.8, 4) is 11.5 Å². The Morgan fingerprint density at radius 3 is 2.47 bits per heavy atom. The van der Waals surface area contributed by atoms with Crippen LogP contribution in [0, 0.1) is 5.92 Å². The molecule has 0 saturated carbocycles. The summed E-state index contributed by atoms with van der Waals surface area (Å²) in [4.78, 5) is 19.9. The summed E-state index contributed by atoms with van der Waals surface area (Å²) >= 11 is 0. The molecular weight excluding hydrogens is 675 g/mol. The largest absolute Gasteiger partial charge is 0.497 e. The van der Waals surface area contributed by atoms with E-state index in [0.717, 1.165) is 6.42 Å². The van der Waals surface area contributed by atoms with Crippen LogP contribution in [0.5, 0.6) is 11.5 Å². The first-order chi connectivity index (χ1) is 23.2. The number of likely N-dealkylation sites (N-methyl/N-ethyl adjacent to an activating group) is 1. The summed E-state index contributed by atoms with van der Waals surface area (Å²) in [5, 5.41) is 10.1. The number of ether oxygens (including phenoxy) is 3. The van der Waals surface area contributed by atoms with Gasteiger partial charge in [0.15, 0.2) is 5.03 Å². The number of hydrogen-bond acceptors (Lipinski definition) is 10. The lowest BCUT2D eigenvalue weighted by atomic mass is 10.0.